The highest BCUT2D eigenvalue weighted by Gasteiger charge is 1.84. The molecular weight excluding hydrogens is 251 g/mol. The van der Waals surface area contributed by atoms with Crippen molar-refractivity contribution in [1.82, 2.24) is 0 Å². The molecule has 0 aromatic heterocycles. The van der Waals surface area contributed by atoms with E-state index in [9.17, 15) is 13.2 Å². The number of halogens is 1. The average Bonchev–Trinajstić information content (AvgIpc) is 2.43. The Labute approximate surface area is 110 Å². The molecule has 1 atom stereocenters. The van der Waals surface area contributed by atoms with Gasteiger partial charge in [-0.15, -0.1) is 0 Å². The van der Waals surface area contributed by atoms with Crippen LogP contribution < -0.4 is 0 Å². The van der Waals surface area contributed by atoms with Crippen molar-refractivity contribution in [1.29, 1.82) is 0 Å². The Morgan fingerprint density at radius 3 is 1.50 bits per heavy atom. The van der Waals surface area contributed by atoms with E-state index in [1.165, 1.54) is 5.56 Å². The first-order chi connectivity index (χ1) is 8.70. The summed E-state index contributed by atoms with van der Waals surface area (Å²) in [5, 5.41) is 0. The minimum absolute atomic E-state index is 0.331. The summed E-state index contributed by atoms with van der Waals surface area (Å²) in [6.45, 7) is 2.08. The Morgan fingerprint density at radius 1 is 0.889 bits per heavy atom. The number of alkyl halides is 1. The van der Waals surface area contributed by atoms with Crippen molar-refractivity contribution in [2.75, 3.05) is 7.18 Å². The molecule has 18 heavy (non-hydrogen) atoms. The molecule has 0 spiro atoms. The molecule has 1 unspecified atom stereocenters. The van der Waals surface area contributed by atoms with Crippen LogP contribution in [0.15, 0.2) is 65.6 Å². The van der Waals surface area contributed by atoms with Crippen LogP contribution in [0.3, 0.4) is 0 Å². The zero-order valence-electron chi connectivity index (χ0n) is 10.4. The highest BCUT2D eigenvalue weighted by Crippen LogP contribution is 2.00. The molecule has 0 fully saturated rings. The monoisotopic (exact) mass is 267 g/mol. The van der Waals surface area contributed by atoms with Gasteiger partial charge in [0.2, 0.25) is 0 Å². The second-order valence-electron chi connectivity index (χ2n) is 3.20. The van der Waals surface area contributed by atoms with Gasteiger partial charge in [-0.2, -0.15) is 0 Å². The van der Waals surface area contributed by atoms with Gasteiger partial charge in [-0.3, -0.25) is 8.60 Å². The molecule has 2 aromatic carbocycles. The number of benzene rings is 2. The number of hydrogen-bond acceptors (Lipinski definition) is 2. The second kappa shape index (κ2) is 10.6. The molecule has 2 nitrogen and oxygen atoms in total. The van der Waals surface area contributed by atoms with Crippen molar-refractivity contribution >= 4 is 11.1 Å². The van der Waals surface area contributed by atoms with E-state index in [0.29, 0.717) is 12.1 Å². The summed E-state index contributed by atoms with van der Waals surface area (Å²) >= 11 is -2.08. The molecule has 2 aromatic rings. The minimum atomic E-state index is -2.08. The van der Waals surface area contributed by atoms with Crippen LogP contribution in [0.2, 0.25) is 0 Å². The normalized spacial score (nSPS) is 10.2. The van der Waals surface area contributed by atoms with Gasteiger partial charge in [0.15, 0.2) is 0 Å². The topological polar surface area (TPSA) is 40.1 Å². The Kier molecular flexibility index (Phi) is 9.73. The highest BCUT2D eigenvalue weighted by molar-refractivity contribution is 7.79. The molecule has 0 aliphatic rings. The van der Waals surface area contributed by atoms with Crippen LogP contribution in [0, 0.1) is 6.92 Å². The van der Waals surface area contributed by atoms with Crippen LogP contribution >= 0.6 is 0 Å². The molecule has 0 aliphatic heterocycles. The van der Waals surface area contributed by atoms with Gasteiger partial charge in [-0.1, -0.05) is 54.1 Å². The summed E-state index contributed by atoms with van der Waals surface area (Å²) in [5.41, 5.74) is 1.32. The lowest BCUT2D eigenvalue weighted by atomic mass is 10.2. The predicted octanol–water partition coefficient (Wildman–Crippen LogP) is 3.51. The molecule has 0 aliphatic carbocycles. The van der Waals surface area contributed by atoms with Crippen LogP contribution in [-0.2, 0) is 11.1 Å². The highest BCUT2D eigenvalue weighted by atomic mass is 32.2. The smallest absolute Gasteiger partial charge is 0.0785 e. The van der Waals surface area contributed by atoms with E-state index in [1.54, 1.807) is 30.3 Å². The maximum absolute atomic E-state index is 10.2. The van der Waals surface area contributed by atoms with E-state index in [1.807, 2.05) is 18.2 Å². The van der Waals surface area contributed by atoms with E-state index in [0.717, 1.165) is 0 Å². The van der Waals surface area contributed by atoms with Crippen molar-refractivity contribution in [3.63, 3.8) is 0 Å². The molecule has 0 amide bonds. The molecule has 0 bridgehead atoms. The summed E-state index contributed by atoms with van der Waals surface area (Å²) in [5.74, 6) is 0. The summed E-state index contributed by atoms with van der Waals surface area (Å²) < 4.78 is 29.9. The predicted molar refractivity (Wildman–Crippen MR) is 71.8 cm³/mol. The molecule has 4 heteroatoms. The van der Waals surface area contributed by atoms with Crippen LogP contribution in [0.25, 0.3) is 0 Å². The maximum Gasteiger partial charge on any atom is 0.0785 e. The van der Waals surface area contributed by atoms with Gasteiger partial charge in [-0.05, 0) is 30.1 Å². The number of aryl methyl sites for hydroxylation is 1. The minimum Gasteiger partial charge on any atom is -0.768 e. The summed E-state index contributed by atoms with van der Waals surface area (Å²) in [6.07, 6.45) is 0. The molecular formula is C14H16FO2S-. The first kappa shape index (κ1) is 16.5. The fourth-order valence-corrected chi connectivity index (χ4v) is 1.45. The van der Waals surface area contributed by atoms with Gasteiger partial charge in [0, 0.05) is 4.90 Å². The van der Waals surface area contributed by atoms with Crippen molar-refractivity contribution < 1.29 is 13.2 Å². The zero-order valence-corrected chi connectivity index (χ0v) is 11.2. The van der Waals surface area contributed by atoms with Crippen LogP contribution in [-0.4, -0.2) is 15.9 Å². The Balaban J connectivity index is 0.000000289. The van der Waals surface area contributed by atoms with Crippen LogP contribution in [0.5, 0.6) is 0 Å². The lowest BCUT2D eigenvalue weighted by Gasteiger charge is -2.01. The van der Waals surface area contributed by atoms with Gasteiger partial charge >= 0.3 is 0 Å². The molecule has 0 N–H and O–H groups in total. The second-order valence-corrected chi connectivity index (χ2v) is 4.14. The van der Waals surface area contributed by atoms with E-state index in [2.05, 4.69) is 19.1 Å². The van der Waals surface area contributed by atoms with E-state index < -0.39 is 11.1 Å². The Morgan fingerprint density at radius 2 is 1.28 bits per heavy atom. The first-order valence-electron chi connectivity index (χ1n) is 5.24. The zero-order chi connectivity index (χ0) is 13.8. The summed E-state index contributed by atoms with van der Waals surface area (Å²) in [4.78, 5) is 0.331. The third-order valence-electron chi connectivity index (χ3n) is 1.88. The first-order valence-corrected chi connectivity index (χ1v) is 6.31. The van der Waals surface area contributed by atoms with Gasteiger partial charge in [0.05, 0.1) is 7.18 Å². The molecule has 98 valence electrons. The summed E-state index contributed by atoms with van der Waals surface area (Å²) in [7, 11) is 0.500. The van der Waals surface area contributed by atoms with Gasteiger partial charge in [-0.25, -0.2) is 0 Å². The number of hydrogen-bond donors (Lipinski definition) is 0. The fraction of sp³-hybridized carbons (Fsp3) is 0.143. The van der Waals surface area contributed by atoms with Crippen LogP contribution in [0.1, 0.15) is 5.56 Å². The standard InChI is InChI=1S/C7H8.C6H6O2S.CH3F/c1-7-5-3-2-4-6-7;7-9(8)6-4-2-1-3-5-6;1-2/h2-6H,1H3;1-5H,(H,7,8);1H3/p-1. The fourth-order valence-electron chi connectivity index (χ4n) is 1.07. The van der Waals surface area contributed by atoms with Crippen LogP contribution in [0.4, 0.5) is 4.39 Å². The molecule has 2 rings (SSSR count). The van der Waals surface area contributed by atoms with Gasteiger partial charge < -0.3 is 4.55 Å². The Hall–Kier alpha value is -1.52. The maximum atomic E-state index is 10.2. The third-order valence-corrected chi connectivity index (χ3v) is 2.53. The summed E-state index contributed by atoms with van der Waals surface area (Å²) in [6, 6.07) is 18.5. The molecule has 0 radical (unpaired) electrons. The van der Waals surface area contributed by atoms with E-state index >= 15 is 0 Å². The molecule has 0 saturated heterocycles. The Bertz CT molecular complexity index is 432. The quantitative estimate of drug-likeness (QED) is 0.742. The van der Waals surface area contributed by atoms with Gasteiger partial charge in [0.25, 0.3) is 0 Å². The lowest BCUT2D eigenvalue weighted by molar-refractivity contribution is 0.537. The van der Waals surface area contributed by atoms with Crippen molar-refractivity contribution in [3.05, 3.63) is 66.2 Å². The average molecular weight is 267 g/mol. The van der Waals surface area contributed by atoms with Crippen molar-refractivity contribution in [2.45, 2.75) is 11.8 Å². The van der Waals surface area contributed by atoms with E-state index in [4.69, 9.17) is 0 Å². The third kappa shape index (κ3) is 7.70. The van der Waals surface area contributed by atoms with E-state index in [-0.39, 0.29) is 0 Å². The number of rotatable bonds is 1. The van der Waals surface area contributed by atoms with Crippen molar-refractivity contribution in [3.8, 4) is 0 Å². The lowest BCUT2D eigenvalue weighted by Crippen LogP contribution is -1.85. The molecule has 0 heterocycles. The SMILES string of the molecule is CF.Cc1ccccc1.O=S([O-])c1ccccc1. The molecule has 0 saturated carbocycles. The largest absolute Gasteiger partial charge is 0.768 e. The van der Waals surface area contributed by atoms with Gasteiger partial charge in [0.1, 0.15) is 0 Å². The van der Waals surface area contributed by atoms with Crippen molar-refractivity contribution in [2.24, 2.45) is 0 Å².